The predicted octanol–water partition coefficient (Wildman–Crippen LogP) is 3.52. The van der Waals surface area contributed by atoms with Crippen LogP contribution in [0.2, 0.25) is 0 Å². The van der Waals surface area contributed by atoms with Gasteiger partial charge in [0.1, 0.15) is 5.54 Å². The lowest BCUT2D eigenvalue weighted by atomic mass is 9.97. The number of rotatable bonds is 7. The van der Waals surface area contributed by atoms with Crippen LogP contribution in [0.5, 0.6) is 0 Å². The number of esters is 1. The summed E-state index contributed by atoms with van der Waals surface area (Å²) in [6.45, 7) is 5.42. The monoisotopic (exact) mass is 299 g/mol. The first-order chi connectivity index (χ1) is 9.70. The van der Waals surface area contributed by atoms with Crippen LogP contribution in [0.4, 0.5) is 0 Å². The molecule has 1 N–H and O–H groups in total. The maximum absolute atomic E-state index is 12.4. The van der Waals surface area contributed by atoms with Crippen molar-refractivity contribution < 1.29 is 9.53 Å². The topological polar surface area (TPSA) is 38.3 Å². The highest BCUT2D eigenvalue weighted by atomic mass is 32.2. The van der Waals surface area contributed by atoms with Gasteiger partial charge in [-0.25, -0.2) is 0 Å². The molecule has 2 aliphatic rings. The largest absolute Gasteiger partial charge is 0.465 e. The van der Waals surface area contributed by atoms with Crippen molar-refractivity contribution in [3.8, 4) is 0 Å². The summed E-state index contributed by atoms with van der Waals surface area (Å²) in [5.74, 6) is -0.0250. The molecule has 0 aromatic carbocycles. The summed E-state index contributed by atoms with van der Waals surface area (Å²) in [6.07, 6.45) is 9.62. The van der Waals surface area contributed by atoms with Crippen LogP contribution in [-0.4, -0.2) is 35.2 Å². The molecule has 0 spiro atoms. The molecule has 20 heavy (non-hydrogen) atoms. The van der Waals surface area contributed by atoms with E-state index in [0.29, 0.717) is 11.9 Å². The molecule has 2 unspecified atom stereocenters. The first kappa shape index (κ1) is 16.2. The molecule has 2 aliphatic carbocycles. The summed E-state index contributed by atoms with van der Waals surface area (Å²) in [5, 5.41) is 4.96. The van der Waals surface area contributed by atoms with Gasteiger partial charge in [0, 0.05) is 10.5 Å². The van der Waals surface area contributed by atoms with Crippen LogP contribution in [0.3, 0.4) is 0 Å². The van der Waals surface area contributed by atoms with Crippen LogP contribution in [0.1, 0.15) is 65.2 Å². The van der Waals surface area contributed by atoms with E-state index in [4.69, 9.17) is 4.74 Å². The molecule has 0 radical (unpaired) electrons. The Labute approximate surface area is 127 Å². The normalized spacial score (nSPS) is 30.8. The number of hydrogen-bond donors (Lipinski definition) is 1. The summed E-state index contributed by atoms with van der Waals surface area (Å²) in [6, 6.07) is 0. The van der Waals surface area contributed by atoms with E-state index in [2.05, 4.69) is 24.0 Å². The zero-order valence-corrected chi connectivity index (χ0v) is 13.8. The Bertz CT molecular complexity index is 318. The molecule has 0 bridgehead atoms. The smallest absolute Gasteiger partial charge is 0.326 e. The van der Waals surface area contributed by atoms with E-state index in [1.807, 2.05) is 6.92 Å². The van der Waals surface area contributed by atoms with Crippen molar-refractivity contribution >= 4 is 17.7 Å². The minimum Gasteiger partial charge on any atom is -0.465 e. The number of carbonyl (C=O) groups is 1. The minimum absolute atomic E-state index is 0.0250. The van der Waals surface area contributed by atoms with Crippen LogP contribution >= 0.6 is 11.8 Å². The summed E-state index contributed by atoms with van der Waals surface area (Å²) in [7, 11) is 0. The molecule has 4 heteroatoms. The Morgan fingerprint density at radius 2 is 2.00 bits per heavy atom. The van der Waals surface area contributed by atoms with E-state index in [0.717, 1.165) is 37.5 Å². The number of hydrogen-bond acceptors (Lipinski definition) is 4. The molecule has 0 heterocycles. The molecule has 0 aromatic rings. The van der Waals surface area contributed by atoms with Gasteiger partial charge in [-0.15, -0.1) is 0 Å². The molecule has 0 saturated heterocycles. The zero-order valence-electron chi connectivity index (χ0n) is 13.0. The molecule has 0 aliphatic heterocycles. The Morgan fingerprint density at radius 1 is 1.25 bits per heavy atom. The lowest BCUT2D eigenvalue weighted by Gasteiger charge is -2.28. The predicted molar refractivity (Wildman–Crippen MR) is 85.1 cm³/mol. The quantitative estimate of drug-likeness (QED) is 0.730. The van der Waals surface area contributed by atoms with Gasteiger partial charge in [-0.05, 0) is 52.0 Å². The maximum atomic E-state index is 12.4. The Kier molecular flexibility index (Phi) is 6.21. The van der Waals surface area contributed by atoms with Crippen LogP contribution in [0, 0.1) is 0 Å². The zero-order chi connectivity index (χ0) is 14.4. The highest BCUT2D eigenvalue weighted by Gasteiger charge is 2.46. The average Bonchev–Trinajstić information content (AvgIpc) is 3.08. The Hall–Kier alpha value is -0.220. The van der Waals surface area contributed by atoms with Crippen LogP contribution in [-0.2, 0) is 9.53 Å². The fourth-order valence-electron chi connectivity index (χ4n) is 3.46. The van der Waals surface area contributed by atoms with Gasteiger partial charge in [0.2, 0.25) is 0 Å². The van der Waals surface area contributed by atoms with Crippen LogP contribution in [0.15, 0.2) is 0 Å². The fourth-order valence-corrected chi connectivity index (χ4v) is 5.25. The van der Waals surface area contributed by atoms with Gasteiger partial charge in [0.15, 0.2) is 0 Å². The summed E-state index contributed by atoms with van der Waals surface area (Å²) < 4.78 is 5.33. The Morgan fingerprint density at radius 3 is 2.65 bits per heavy atom. The van der Waals surface area contributed by atoms with Gasteiger partial charge in [0.05, 0.1) is 6.61 Å². The van der Waals surface area contributed by atoms with Crippen molar-refractivity contribution in [2.24, 2.45) is 0 Å². The van der Waals surface area contributed by atoms with Gasteiger partial charge in [-0.2, -0.15) is 11.8 Å². The summed E-state index contributed by atoms with van der Waals surface area (Å²) in [5.41, 5.74) is -0.401. The average molecular weight is 299 g/mol. The lowest BCUT2D eigenvalue weighted by Crippen LogP contribution is -2.51. The van der Waals surface area contributed by atoms with Crippen molar-refractivity contribution in [3.05, 3.63) is 0 Å². The summed E-state index contributed by atoms with van der Waals surface area (Å²) >= 11 is 2.14. The second-order valence-corrected chi connectivity index (χ2v) is 7.74. The fraction of sp³-hybridized carbons (Fsp3) is 0.938. The molecule has 116 valence electrons. The second kappa shape index (κ2) is 7.69. The van der Waals surface area contributed by atoms with E-state index in [1.54, 1.807) is 0 Å². The van der Waals surface area contributed by atoms with E-state index in [1.165, 1.54) is 25.7 Å². The highest BCUT2D eigenvalue weighted by Crippen LogP contribution is 2.43. The maximum Gasteiger partial charge on any atom is 0.326 e. The molecule has 2 rings (SSSR count). The van der Waals surface area contributed by atoms with Crippen LogP contribution < -0.4 is 5.32 Å². The van der Waals surface area contributed by atoms with E-state index >= 15 is 0 Å². The molecular formula is C16H29NO2S. The second-order valence-electron chi connectivity index (χ2n) is 6.14. The molecule has 2 saturated carbocycles. The van der Waals surface area contributed by atoms with E-state index in [-0.39, 0.29) is 5.97 Å². The molecule has 3 nitrogen and oxygen atoms in total. The number of nitrogens with one attached hydrogen (secondary N) is 1. The lowest BCUT2D eigenvalue weighted by molar-refractivity contribution is -0.151. The van der Waals surface area contributed by atoms with E-state index in [9.17, 15) is 4.79 Å². The number of thioether (sulfide) groups is 1. The van der Waals surface area contributed by atoms with Crippen molar-refractivity contribution in [2.45, 2.75) is 81.3 Å². The minimum atomic E-state index is -0.401. The third-order valence-corrected chi connectivity index (χ3v) is 6.18. The van der Waals surface area contributed by atoms with Gasteiger partial charge in [-0.3, -0.25) is 4.79 Å². The number of ether oxygens (including phenoxy) is 1. The van der Waals surface area contributed by atoms with Gasteiger partial charge < -0.3 is 10.1 Å². The standard InChI is InChI=1S/C16H29NO2S/c1-3-11-17-16(15(18)19-4-2)10-9-14(12-16)20-13-7-5-6-8-13/h13-14,17H,3-12H2,1-2H3. The van der Waals surface area contributed by atoms with Gasteiger partial charge in [-0.1, -0.05) is 19.8 Å². The molecule has 0 aromatic heterocycles. The molecule has 2 atom stereocenters. The van der Waals surface area contributed by atoms with Crippen molar-refractivity contribution in [2.75, 3.05) is 13.2 Å². The third kappa shape index (κ3) is 3.91. The van der Waals surface area contributed by atoms with E-state index < -0.39 is 5.54 Å². The third-order valence-electron chi connectivity index (χ3n) is 4.54. The first-order valence-corrected chi connectivity index (χ1v) is 9.22. The van der Waals surface area contributed by atoms with Gasteiger partial charge in [0.25, 0.3) is 0 Å². The molecule has 2 fully saturated rings. The molecule has 0 amide bonds. The number of carbonyl (C=O) groups excluding carboxylic acids is 1. The van der Waals surface area contributed by atoms with Crippen molar-refractivity contribution in [3.63, 3.8) is 0 Å². The Balaban J connectivity index is 1.92. The molecular weight excluding hydrogens is 270 g/mol. The van der Waals surface area contributed by atoms with Crippen molar-refractivity contribution in [1.82, 2.24) is 5.32 Å². The summed E-state index contributed by atoms with van der Waals surface area (Å²) in [4.78, 5) is 12.4. The highest BCUT2D eigenvalue weighted by molar-refractivity contribution is 8.00. The van der Waals surface area contributed by atoms with Gasteiger partial charge >= 0.3 is 5.97 Å². The first-order valence-electron chi connectivity index (χ1n) is 8.28. The SMILES string of the molecule is CCCNC1(C(=O)OCC)CCC(SC2CCCC2)C1. The van der Waals surface area contributed by atoms with Crippen molar-refractivity contribution in [1.29, 1.82) is 0 Å². The van der Waals surface area contributed by atoms with Crippen LogP contribution in [0.25, 0.3) is 0 Å².